The van der Waals surface area contributed by atoms with Gasteiger partial charge in [-0.05, 0) is 51.5 Å². The molecule has 4 amide bonds. The molecule has 4 unspecified atom stereocenters. The van der Waals surface area contributed by atoms with E-state index >= 15 is 0 Å². The number of amides is 4. The number of nitrogens with one attached hydrogen (secondary N) is 3. The number of aliphatic carboxylic acids is 2. The molecule has 0 saturated heterocycles. The van der Waals surface area contributed by atoms with Gasteiger partial charge >= 0.3 is 11.9 Å². The average molecular weight is 560 g/mol. The number of carboxylic acid groups (broad SMARTS) is 2. The average Bonchev–Trinajstić information content (AvgIpc) is 2.85. The lowest BCUT2D eigenvalue weighted by atomic mass is 10.0. The van der Waals surface area contributed by atoms with E-state index in [-0.39, 0.29) is 44.6 Å². The van der Waals surface area contributed by atoms with E-state index in [1.54, 1.807) is 0 Å². The maximum Gasteiger partial charge on any atom is 0.326 e. The van der Waals surface area contributed by atoms with Gasteiger partial charge in [0.05, 0.1) is 6.04 Å². The number of rotatable bonds is 21. The van der Waals surface area contributed by atoms with Crippen molar-refractivity contribution in [2.45, 2.75) is 82.0 Å². The number of carbonyl (C=O) groups excluding carboxylic acids is 4. The third-order valence-electron chi connectivity index (χ3n) is 5.46. The van der Waals surface area contributed by atoms with E-state index in [0.29, 0.717) is 25.8 Å². The lowest BCUT2D eigenvalue weighted by Gasteiger charge is -2.25. The Morgan fingerprint density at radius 2 is 1.23 bits per heavy atom. The molecule has 0 aromatic heterocycles. The first-order valence-corrected chi connectivity index (χ1v) is 12.4. The maximum absolute atomic E-state index is 13.1. The molecule has 17 heteroatoms. The van der Waals surface area contributed by atoms with Gasteiger partial charge in [0.15, 0.2) is 5.96 Å². The zero-order valence-electron chi connectivity index (χ0n) is 21.8. The molecule has 0 bridgehead atoms. The van der Waals surface area contributed by atoms with Crippen LogP contribution in [0.1, 0.15) is 57.8 Å². The second-order valence-electron chi connectivity index (χ2n) is 8.80. The van der Waals surface area contributed by atoms with E-state index in [1.807, 2.05) is 0 Å². The van der Waals surface area contributed by atoms with Crippen LogP contribution in [0, 0.1) is 0 Å². The molecule has 15 N–H and O–H groups in total. The Balaban J connectivity index is 5.54. The molecule has 0 heterocycles. The SMILES string of the molecule is NCCCCC(NC(=O)C(N)CCCN=C(N)N)C(=O)NC(CCC(=O)O)C(=O)NC(CCC(N)=O)C(=O)O. The van der Waals surface area contributed by atoms with Crippen LogP contribution in [0.4, 0.5) is 0 Å². The summed E-state index contributed by atoms with van der Waals surface area (Å²) in [6.07, 6.45) is 0.186. The van der Waals surface area contributed by atoms with Crippen molar-refractivity contribution in [3.05, 3.63) is 0 Å². The fourth-order valence-electron chi connectivity index (χ4n) is 3.32. The van der Waals surface area contributed by atoms with Gasteiger partial charge in [0, 0.05) is 19.4 Å². The highest BCUT2D eigenvalue weighted by atomic mass is 16.4. The minimum atomic E-state index is -1.51. The van der Waals surface area contributed by atoms with Crippen LogP contribution in [0.15, 0.2) is 4.99 Å². The molecule has 17 nitrogen and oxygen atoms in total. The zero-order chi connectivity index (χ0) is 30.0. The second kappa shape index (κ2) is 19.1. The van der Waals surface area contributed by atoms with E-state index in [1.165, 1.54) is 0 Å². The highest BCUT2D eigenvalue weighted by molar-refractivity contribution is 5.94. The van der Waals surface area contributed by atoms with E-state index < -0.39 is 66.2 Å². The summed E-state index contributed by atoms with van der Waals surface area (Å²) in [7, 11) is 0. The molecular formula is C22H41N9O8. The van der Waals surface area contributed by atoms with Gasteiger partial charge < -0.3 is 54.8 Å². The van der Waals surface area contributed by atoms with E-state index in [2.05, 4.69) is 20.9 Å². The number of carboxylic acids is 2. The Labute approximate surface area is 225 Å². The van der Waals surface area contributed by atoms with Crippen LogP contribution in [0.5, 0.6) is 0 Å². The lowest BCUT2D eigenvalue weighted by molar-refractivity contribution is -0.143. The van der Waals surface area contributed by atoms with Crippen molar-refractivity contribution in [3.8, 4) is 0 Å². The molecule has 0 rings (SSSR count). The number of hydrogen-bond donors (Lipinski definition) is 10. The summed E-state index contributed by atoms with van der Waals surface area (Å²) in [6.45, 7) is 0.582. The van der Waals surface area contributed by atoms with Crippen molar-refractivity contribution in [1.29, 1.82) is 0 Å². The van der Waals surface area contributed by atoms with Crippen molar-refractivity contribution < 1.29 is 39.0 Å². The van der Waals surface area contributed by atoms with Crippen LogP contribution >= 0.6 is 0 Å². The fourth-order valence-corrected chi connectivity index (χ4v) is 3.32. The summed E-state index contributed by atoms with van der Waals surface area (Å²) in [6, 6.07) is -5.09. The van der Waals surface area contributed by atoms with Crippen LogP contribution in [-0.2, 0) is 28.8 Å². The van der Waals surface area contributed by atoms with Crippen LogP contribution in [0.3, 0.4) is 0 Å². The fraction of sp³-hybridized carbons (Fsp3) is 0.682. The smallest absolute Gasteiger partial charge is 0.326 e. The molecule has 0 saturated carbocycles. The summed E-state index contributed by atoms with van der Waals surface area (Å²) >= 11 is 0. The monoisotopic (exact) mass is 559 g/mol. The molecule has 0 spiro atoms. The van der Waals surface area contributed by atoms with Gasteiger partial charge in [0.25, 0.3) is 0 Å². The lowest BCUT2D eigenvalue weighted by Crippen LogP contribution is -2.57. The van der Waals surface area contributed by atoms with Gasteiger partial charge in [-0.1, -0.05) is 0 Å². The number of primary amides is 1. The molecule has 0 aliphatic heterocycles. The summed E-state index contributed by atoms with van der Waals surface area (Å²) in [4.78, 5) is 75.9. The van der Waals surface area contributed by atoms with Crippen molar-refractivity contribution in [2.24, 2.45) is 33.7 Å². The third-order valence-corrected chi connectivity index (χ3v) is 5.46. The number of unbranched alkanes of at least 4 members (excludes halogenated alkanes) is 1. The molecule has 0 aliphatic carbocycles. The number of nitrogens with zero attached hydrogens (tertiary/aromatic N) is 1. The summed E-state index contributed by atoms with van der Waals surface area (Å²) in [5.41, 5.74) is 27.0. The van der Waals surface area contributed by atoms with E-state index in [0.717, 1.165) is 0 Å². The summed E-state index contributed by atoms with van der Waals surface area (Å²) in [5.74, 6) is -6.02. The standard InChI is InChI=1S/C22H41N9O8/c23-10-2-1-5-13(29-18(35)12(24)4-3-11-28-22(26)27)19(36)30-14(7-9-17(33)34)20(37)31-15(21(38)39)6-8-16(25)32/h12-15H,1-11,23-24H2,(H2,25,32)(H,29,35)(H,30,36)(H,31,37)(H,33,34)(H,38,39)(H4,26,27,28). The number of carbonyl (C=O) groups is 6. The third kappa shape index (κ3) is 16.5. The van der Waals surface area contributed by atoms with Gasteiger partial charge in [-0.2, -0.15) is 0 Å². The minimum absolute atomic E-state index is 0.103. The quantitative estimate of drug-likeness (QED) is 0.0367. The first-order chi connectivity index (χ1) is 18.3. The Hall–Kier alpha value is -3.99. The number of nitrogens with two attached hydrogens (primary N) is 5. The molecule has 39 heavy (non-hydrogen) atoms. The molecule has 0 aliphatic rings. The second-order valence-corrected chi connectivity index (χ2v) is 8.80. The molecule has 0 radical (unpaired) electrons. The Morgan fingerprint density at radius 3 is 1.74 bits per heavy atom. The van der Waals surface area contributed by atoms with Gasteiger partial charge in [-0.3, -0.25) is 29.0 Å². The van der Waals surface area contributed by atoms with E-state index in [4.69, 9.17) is 33.8 Å². The molecule has 222 valence electrons. The highest BCUT2D eigenvalue weighted by Gasteiger charge is 2.30. The van der Waals surface area contributed by atoms with Gasteiger partial charge in [0.2, 0.25) is 23.6 Å². The van der Waals surface area contributed by atoms with Crippen LogP contribution < -0.4 is 44.6 Å². The number of hydrogen-bond acceptors (Lipinski definition) is 9. The predicted octanol–water partition coefficient (Wildman–Crippen LogP) is -3.83. The first-order valence-electron chi connectivity index (χ1n) is 12.4. The molecule has 4 atom stereocenters. The molecular weight excluding hydrogens is 518 g/mol. The van der Waals surface area contributed by atoms with Gasteiger partial charge in [-0.15, -0.1) is 0 Å². The molecule has 0 fully saturated rings. The number of guanidine groups is 1. The summed E-state index contributed by atoms with van der Waals surface area (Å²) in [5, 5.41) is 25.5. The number of aliphatic imine (C=N–C) groups is 1. The van der Waals surface area contributed by atoms with Gasteiger partial charge in [-0.25, -0.2) is 4.79 Å². The van der Waals surface area contributed by atoms with Crippen LogP contribution in [0.2, 0.25) is 0 Å². The molecule has 0 aromatic rings. The minimum Gasteiger partial charge on any atom is -0.481 e. The maximum atomic E-state index is 13.1. The van der Waals surface area contributed by atoms with Crippen molar-refractivity contribution in [2.75, 3.05) is 13.1 Å². The highest BCUT2D eigenvalue weighted by Crippen LogP contribution is 2.07. The van der Waals surface area contributed by atoms with Crippen molar-refractivity contribution in [1.82, 2.24) is 16.0 Å². The van der Waals surface area contributed by atoms with Crippen LogP contribution in [-0.4, -0.2) is 89.0 Å². The Morgan fingerprint density at radius 1 is 0.692 bits per heavy atom. The van der Waals surface area contributed by atoms with Crippen LogP contribution in [0.25, 0.3) is 0 Å². The normalized spacial score (nSPS) is 13.7. The van der Waals surface area contributed by atoms with Gasteiger partial charge in [0.1, 0.15) is 18.1 Å². The summed E-state index contributed by atoms with van der Waals surface area (Å²) < 4.78 is 0. The van der Waals surface area contributed by atoms with E-state index in [9.17, 15) is 33.9 Å². The predicted molar refractivity (Wildman–Crippen MR) is 140 cm³/mol. The van der Waals surface area contributed by atoms with Crippen molar-refractivity contribution >= 4 is 41.5 Å². The first kappa shape index (κ1) is 35.0. The Kier molecular flexibility index (Phi) is 17.2. The van der Waals surface area contributed by atoms with Crippen molar-refractivity contribution in [3.63, 3.8) is 0 Å². The Bertz CT molecular complexity index is 880. The topological polar surface area (TPSA) is 321 Å². The largest absolute Gasteiger partial charge is 0.481 e. The zero-order valence-corrected chi connectivity index (χ0v) is 21.8. The molecule has 0 aromatic carbocycles.